The highest BCUT2D eigenvalue weighted by atomic mass is 32.1. The van der Waals surface area contributed by atoms with Gasteiger partial charge in [0.05, 0.1) is 6.54 Å². The first-order valence-electron chi connectivity index (χ1n) is 6.96. The summed E-state index contributed by atoms with van der Waals surface area (Å²) >= 11 is 1.67. The van der Waals surface area contributed by atoms with Gasteiger partial charge >= 0.3 is 6.09 Å². The number of ether oxygens (including phenoxy) is 1. The average Bonchev–Trinajstić information content (AvgIpc) is 2.95. The first-order valence-corrected chi connectivity index (χ1v) is 7.77. The first kappa shape index (κ1) is 11.7. The molecule has 1 amide bonds. The number of carbonyl (C=O) groups is 1. The molecule has 5 heterocycles. The van der Waals surface area contributed by atoms with E-state index in [0.29, 0.717) is 5.92 Å². The summed E-state index contributed by atoms with van der Waals surface area (Å²) in [6.07, 6.45) is 2.19. The fourth-order valence-electron chi connectivity index (χ4n) is 3.75. The molecule has 4 saturated heterocycles. The molecule has 1 atom stereocenters. The van der Waals surface area contributed by atoms with Gasteiger partial charge in [-0.1, -0.05) is 0 Å². The Kier molecular flexibility index (Phi) is 2.45. The number of carbonyl (C=O) groups excluding carboxylic acids is 1. The van der Waals surface area contributed by atoms with E-state index in [1.807, 2.05) is 11.0 Å². The minimum absolute atomic E-state index is 0.157. The molecule has 19 heavy (non-hydrogen) atoms. The van der Waals surface area contributed by atoms with Crippen molar-refractivity contribution >= 4 is 22.4 Å². The third-order valence-electron chi connectivity index (χ3n) is 4.75. The van der Waals surface area contributed by atoms with Crippen molar-refractivity contribution in [1.82, 2.24) is 4.90 Å². The van der Waals surface area contributed by atoms with Gasteiger partial charge in [-0.3, -0.25) is 9.80 Å². The van der Waals surface area contributed by atoms with Crippen molar-refractivity contribution in [2.75, 3.05) is 31.1 Å². The number of nitrogens with zero attached hydrogens (tertiary/aromatic N) is 2. The number of rotatable bonds is 1. The van der Waals surface area contributed by atoms with E-state index in [1.165, 1.54) is 30.8 Å². The van der Waals surface area contributed by atoms with Crippen LogP contribution >= 0.6 is 11.3 Å². The molecule has 4 nitrogen and oxygen atoms in total. The Bertz CT molecular complexity index is 521. The van der Waals surface area contributed by atoms with Crippen molar-refractivity contribution in [3.63, 3.8) is 0 Å². The van der Waals surface area contributed by atoms with Crippen LogP contribution < -0.4 is 4.90 Å². The maximum atomic E-state index is 12.2. The summed E-state index contributed by atoms with van der Waals surface area (Å²) in [5, 5.41) is 1.02. The molecule has 0 radical (unpaired) electrons. The molecule has 4 aliphatic heterocycles. The zero-order chi connectivity index (χ0) is 13.0. The van der Waals surface area contributed by atoms with Crippen molar-refractivity contribution in [1.29, 1.82) is 0 Å². The molecule has 4 fully saturated rings. The van der Waals surface area contributed by atoms with E-state index < -0.39 is 0 Å². The summed E-state index contributed by atoms with van der Waals surface area (Å²) in [5.41, 5.74) is -0.245. The predicted molar refractivity (Wildman–Crippen MR) is 74.8 cm³/mol. The normalized spacial score (nSPS) is 37.1. The van der Waals surface area contributed by atoms with Crippen LogP contribution in [-0.2, 0) is 4.74 Å². The molecule has 0 unspecified atom stereocenters. The molecule has 4 aliphatic rings. The third kappa shape index (κ3) is 1.71. The highest BCUT2D eigenvalue weighted by molar-refractivity contribution is 7.16. The SMILES string of the molecule is Cc1ccc(N2C[C@@]3(CN4CCC3CC4)OC2=O)s1. The maximum Gasteiger partial charge on any atom is 0.415 e. The van der Waals surface area contributed by atoms with Gasteiger partial charge in [0, 0.05) is 17.3 Å². The van der Waals surface area contributed by atoms with E-state index in [1.54, 1.807) is 11.3 Å². The van der Waals surface area contributed by atoms with Crippen LogP contribution in [-0.4, -0.2) is 42.8 Å². The summed E-state index contributed by atoms with van der Waals surface area (Å²) < 4.78 is 5.85. The smallest absolute Gasteiger partial charge is 0.415 e. The summed E-state index contributed by atoms with van der Waals surface area (Å²) in [6, 6.07) is 4.09. The lowest BCUT2D eigenvalue weighted by atomic mass is 9.75. The number of hydrogen-bond donors (Lipinski definition) is 0. The lowest BCUT2D eigenvalue weighted by Gasteiger charge is -2.49. The van der Waals surface area contributed by atoms with Gasteiger partial charge in [-0.15, -0.1) is 11.3 Å². The van der Waals surface area contributed by atoms with Gasteiger partial charge in [-0.25, -0.2) is 4.79 Å². The number of fused-ring (bicyclic) bond motifs is 2. The van der Waals surface area contributed by atoms with Crippen molar-refractivity contribution < 1.29 is 9.53 Å². The molecule has 1 aromatic rings. The van der Waals surface area contributed by atoms with Gasteiger partial charge in [0.25, 0.3) is 0 Å². The number of amides is 1. The van der Waals surface area contributed by atoms with Crippen LogP contribution in [0, 0.1) is 12.8 Å². The molecule has 0 aliphatic carbocycles. The van der Waals surface area contributed by atoms with Crippen LogP contribution in [0.5, 0.6) is 0 Å². The van der Waals surface area contributed by atoms with Crippen LogP contribution in [0.15, 0.2) is 12.1 Å². The fraction of sp³-hybridized carbons (Fsp3) is 0.643. The van der Waals surface area contributed by atoms with Crippen molar-refractivity contribution in [3.8, 4) is 0 Å². The van der Waals surface area contributed by atoms with Gasteiger partial charge in [-0.05, 0) is 45.0 Å². The van der Waals surface area contributed by atoms with E-state index >= 15 is 0 Å². The van der Waals surface area contributed by atoms with Gasteiger partial charge in [-0.2, -0.15) is 0 Å². The summed E-state index contributed by atoms with van der Waals surface area (Å²) in [5.74, 6) is 0.549. The van der Waals surface area contributed by atoms with Crippen molar-refractivity contribution in [2.45, 2.75) is 25.4 Å². The number of aryl methyl sites for hydroxylation is 1. The molecule has 1 aromatic heterocycles. The summed E-state index contributed by atoms with van der Waals surface area (Å²) in [4.78, 5) is 17.7. The van der Waals surface area contributed by atoms with E-state index in [-0.39, 0.29) is 11.7 Å². The zero-order valence-electron chi connectivity index (χ0n) is 11.1. The minimum atomic E-state index is -0.245. The highest BCUT2D eigenvalue weighted by Crippen LogP contribution is 2.44. The molecule has 5 heteroatoms. The number of anilines is 1. The Morgan fingerprint density at radius 1 is 1.32 bits per heavy atom. The molecule has 0 N–H and O–H groups in total. The van der Waals surface area contributed by atoms with Crippen LogP contribution in [0.4, 0.5) is 9.80 Å². The Labute approximate surface area is 116 Å². The number of piperidine rings is 3. The lowest BCUT2D eigenvalue weighted by molar-refractivity contribution is -0.0881. The second-order valence-corrected chi connectivity index (χ2v) is 7.22. The molecule has 0 saturated carbocycles. The van der Waals surface area contributed by atoms with Gasteiger partial charge in [0.2, 0.25) is 0 Å². The van der Waals surface area contributed by atoms with Crippen LogP contribution in [0.3, 0.4) is 0 Å². The molecule has 1 spiro atoms. The fourth-order valence-corrected chi connectivity index (χ4v) is 4.60. The predicted octanol–water partition coefficient (Wildman–Crippen LogP) is 2.48. The Hall–Kier alpha value is -1.07. The Morgan fingerprint density at radius 3 is 2.68 bits per heavy atom. The molecule has 2 bridgehead atoms. The van der Waals surface area contributed by atoms with Gasteiger partial charge in [0.1, 0.15) is 10.6 Å². The second kappa shape index (κ2) is 3.96. The average molecular weight is 278 g/mol. The summed E-state index contributed by atoms with van der Waals surface area (Å²) in [7, 11) is 0. The lowest BCUT2D eigenvalue weighted by Crippen LogP contribution is -2.61. The number of thiophene rings is 1. The molecule has 102 valence electrons. The largest absolute Gasteiger partial charge is 0.439 e. The van der Waals surface area contributed by atoms with Crippen LogP contribution in [0.2, 0.25) is 0 Å². The van der Waals surface area contributed by atoms with Crippen LogP contribution in [0.1, 0.15) is 17.7 Å². The standard InChI is InChI=1S/C14H18N2O2S/c1-10-2-3-12(19-10)16-9-14(18-13(16)17)8-15-6-4-11(14)5-7-15/h2-3,11H,4-9H2,1H3/t14-/m1/s1. The molecule has 5 rings (SSSR count). The Morgan fingerprint density at radius 2 is 2.11 bits per heavy atom. The van der Waals surface area contributed by atoms with E-state index in [4.69, 9.17) is 4.74 Å². The second-order valence-electron chi connectivity index (χ2n) is 5.95. The number of hydrogen-bond acceptors (Lipinski definition) is 4. The van der Waals surface area contributed by atoms with Crippen LogP contribution in [0.25, 0.3) is 0 Å². The molecule has 0 aromatic carbocycles. The first-order chi connectivity index (χ1) is 9.16. The van der Waals surface area contributed by atoms with E-state index in [9.17, 15) is 4.79 Å². The Balaban J connectivity index is 1.63. The van der Waals surface area contributed by atoms with E-state index in [2.05, 4.69) is 17.9 Å². The zero-order valence-corrected chi connectivity index (χ0v) is 11.9. The van der Waals surface area contributed by atoms with Gasteiger partial charge < -0.3 is 4.74 Å². The maximum absolute atomic E-state index is 12.2. The third-order valence-corrected chi connectivity index (χ3v) is 5.78. The minimum Gasteiger partial charge on any atom is -0.439 e. The summed E-state index contributed by atoms with van der Waals surface area (Å²) in [6.45, 7) is 6.06. The monoisotopic (exact) mass is 278 g/mol. The van der Waals surface area contributed by atoms with Crippen molar-refractivity contribution in [3.05, 3.63) is 17.0 Å². The topological polar surface area (TPSA) is 32.8 Å². The highest BCUT2D eigenvalue weighted by Gasteiger charge is 2.55. The molecular formula is C14H18N2O2S. The van der Waals surface area contributed by atoms with Crippen molar-refractivity contribution in [2.24, 2.45) is 5.92 Å². The van der Waals surface area contributed by atoms with Gasteiger partial charge in [0.15, 0.2) is 0 Å². The molecular weight excluding hydrogens is 260 g/mol. The van der Waals surface area contributed by atoms with E-state index in [0.717, 1.165) is 18.1 Å². The quantitative estimate of drug-likeness (QED) is 0.791.